The third-order valence-corrected chi connectivity index (χ3v) is 6.82. The normalized spacial score (nSPS) is 28.1. The number of carbonyl (C=O) groups is 1. The number of alkyl halides is 3. The highest BCUT2D eigenvalue weighted by atomic mass is 19.4. The average Bonchev–Trinajstić information content (AvgIpc) is 3.11. The topological polar surface area (TPSA) is 70.7 Å². The molecule has 6 nitrogen and oxygen atoms in total. The van der Waals surface area contributed by atoms with Crippen molar-refractivity contribution in [2.45, 2.75) is 64.0 Å². The Labute approximate surface area is 173 Å². The quantitative estimate of drug-likeness (QED) is 0.738. The second kappa shape index (κ2) is 7.74. The Balaban J connectivity index is 1.63. The van der Waals surface area contributed by atoms with Gasteiger partial charge < -0.3 is 10.0 Å². The van der Waals surface area contributed by atoms with Crippen LogP contribution in [-0.4, -0.2) is 50.0 Å². The van der Waals surface area contributed by atoms with Crippen LogP contribution in [0.1, 0.15) is 67.9 Å². The molecule has 2 atom stereocenters. The maximum atomic E-state index is 13.0. The van der Waals surface area contributed by atoms with Crippen LogP contribution in [0.3, 0.4) is 0 Å². The molecule has 2 fully saturated rings. The zero-order chi connectivity index (χ0) is 21.6. The highest BCUT2D eigenvalue weighted by Gasteiger charge is 2.42. The van der Waals surface area contributed by atoms with Gasteiger partial charge in [-0.05, 0) is 51.0 Å². The lowest BCUT2D eigenvalue weighted by Crippen LogP contribution is -2.42. The minimum Gasteiger partial charge on any atom is -0.465 e. The summed E-state index contributed by atoms with van der Waals surface area (Å²) in [6, 6.07) is 3.84. The first-order valence-electron chi connectivity index (χ1n) is 10.5. The summed E-state index contributed by atoms with van der Waals surface area (Å²) >= 11 is 0. The Morgan fingerprint density at radius 1 is 1.17 bits per heavy atom. The van der Waals surface area contributed by atoms with E-state index in [4.69, 9.17) is 5.10 Å². The minimum atomic E-state index is -4.12. The third kappa shape index (κ3) is 3.98. The molecule has 3 heterocycles. The van der Waals surface area contributed by atoms with E-state index in [0.717, 1.165) is 23.5 Å². The summed E-state index contributed by atoms with van der Waals surface area (Å²) < 4.78 is 40.8. The molecule has 1 saturated carbocycles. The molecule has 1 aliphatic carbocycles. The Morgan fingerprint density at radius 2 is 1.87 bits per heavy atom. The van der Waals surface area contributed by atoms with Crippen molar-refractivity contribution in [2.24, 2.45) is 11.8 Å². The number of rotatable bonds is 2. The number of hydrogen-bond acceptors (Lipinski definition) is 3. The molecule has 1 amide bonds. The fourth-order valence-electron chi connectivity index (χ4n) is 4.95. The van der Waals surface area contributed by atoms with Crippen molar-refractivity contribution in [1.29, 1.82) is 0 Å². The second-order valence-corrected chi connectivity index (χ2v) is 8.85. The molecular weight excluding hydrogens is 397 g/mol. The fourth-order valence-corrected chi connectivity index (χ4v) is 4.95. The van der Waals surface area contributed by atoms with Gasteiger partial charge in [0.15, 0.2) is 5.65 Å². The number of hydrogen-bond donors (Lipinski definition) is 1. The first-order chi connectivity index (χ1) is 14.1. The largest absolute Gasteiger partial charge is 0.465 e. The van der Waals surface area contributed by atoms with Gasteiger partial charge >= 0.3 is 12.3 Å². The lowest BCUT2D eigenvalue weighted by atomic mass is 9.80. The zero-order valence-corrected chi connectivity index (χ0v) is 17.2. The van der Waals surface area contributed by atoms with Crippen LogP contribution < -0.4 is 0 Å². The van der Waals surface area contributed by atoms with Crippen LogP contribution in [0.15, 0.2) is 12.1 Å². The van der Waals surface area contributed by atoms with Crippen LogP contribution in [0.25, 0.3) is 5.65 Å². The molecule has 1 N–H and O–H groups in total. The monoisotopic (exact) mass is 424 g/mol. The third-order valence-electron chi connectivity index (χ3n) is 6.82. The van der Waals surface area contributed by atoms with Crippen LogP contribution >= 0.6 is 0 Å². The van der Waals surface area contributed by atoms with Crippen molar-refractivity contribution in [3.63, 3.8) is 0 Å². The first-order valence-corrected chi connectivity index (χ1v) is 10.5. The van der Waals surface area contributed by atoms with E-state index in [0.29, 0.717) is 37.5 Å². The van der Waals surface area contributed by atoms with E-state index < -0.39 is 18.2 Å². The van der Waals surface area contributed by atoms with Crippen molar-refractivity contribution in [3.05, 3.63) is 29.2 Å². The Hall–Kier alpha value is -2.32. The number of aryl methyl sites for hydroxylation is 1. The molecule has 1 aliphatic heterocycles. The summed E-state index contributed by atoms with van der Waals surface area (Å²) in [6.45, 7) is 4.94. The molecule has 2 aromatic heterocycles. The number of carboxylic acid groups (broad SMARTS) is 1. The standard InChI is InChI=1S/C21H27F3N4O2/c1-12-7-8-27(20(29)30)11-16(12)18-9-13(2)25-19-10-17(26-28(18)19)14-3-5-15(6-4-14)21(22,23)24/h9-10,12,14-16H,3-8,11H2,1-2H3,(H,29,30)/t12-,14-,15-,16+/m1/s1. The second-order valence-electron chi connectivity index (χ2n) is 8.85. The summed E-state index contributed by atoms with van der Waals surface area (Å²) in [7, 11) is 0. The van der Waals surface area contributed by atoms with E-state index in [2.05, 4.69) is 11.9 Å². The first kappa shape index (κ1) is 20.9. The molecule has 164 valence electrons. The van der Waals surface area contributed by atoms with Crippen LogP contribution in [0.4, 0.5) is 18.0 Å². The van der Waals surface area contributed by atoms with Crippen molar-refractivity contribution in [1.82, 2.24) is 19.5 Å². The van der Waals surface area contributed by atoms with Crippen LogP contribution in [0.5, 0.6) is 0 Å². The van der Waals surface area contributed by atoms with Gasteiger partial charge in [0.05, 0.1) is 17.3 Å². The number of fused-ring (bicyclic) bond motifs is 1. The van der Waals surface area contributed by atoms with Gasteiger partial charge in [-0.25, -0.2) is 14.3 Å². The van der Waals surface area contributed by atoms with E-state index >= 15 is 0 Å². The van der Waals surface area contributed by atoms with Crippen LogP contribution in [-0.2, 0) is 0 Å². The van der Waals surface area contributed by atoms with Gasteiger partial charge in [0.1, 0.15) is 0 Å². The Morgan fingerprint density at radius 3 is 2.50 bits per heavy atom. The lowest BCUT2D eigenvalue weighted by molar-refractivity contribution is -0.182. The van der Waals surface area contributed by atoms with Gasteiger partial charge in [-0.1, -0.05) is 6.92 Å². The highest BCUT2D eigenvalue weighted by molar-refractivity contribution is 5.65. The molecule has 0 radical (unpaired) electrons. The highest BCUT2D eigenvalue weighted by Crippen LogP contribution is 2.43. The number of amides is 1. The molecule has 2 aromatic rings. The molecule has 9 heteroatoms. The van der Waals surface area contributed by atoms with Gasteiger partial charge in [0.2, 0.25) is 0 Å². The molecular formula is C21H27F3N4O2. The van der Waals surface area contributed by atoms with E-state index in [-0.39, 0.29) is 24.7 Å². The zero-order valence-electron chi connectivity index (χ0n) is 17.2. The average molecular weight is 424 g/mol. The molecule has 1 saturated heterocycles. The fraction of sp³-hybridized carbons (Fsp3) is 0.667. The summed E-state index contributed by atoms with van der Waals surface area (Å²) in [5.41, 5.74) is 3.21. The summed E-state index contributed by atoms with van der Waals surface area (Å²) in [4.78, 5) is 17.5. The molecule has 2 aliphatic rings. The molecule has 0 unspecified atom stereocenters. The van der Waals surface area contributed by atoms with Crippen molar-refractivity contribution in [2.75, 3.05) is 13.1 Å². The van der Waals surface area contributed by atoms with Crippen molar-refractivity contribution in [3.8, 4) is 0 Å². The summed E-state index contributed by atoms with van der Waals surface area (Å²) in [5.74, 6) is -0.933. The number of halogens is 3. The molecule has 30 heavy (non-hydrogen) atoms. The van der Waals surface area contributed by atoms with E-state index in [9.17, 15) is 23.1 Å². The van der Waals surface area contributed by atoms with Gasteiger partial charge in [0.25, 0.3) is 0 Å². The van der Waals surface area contributed by atoms with Gasteiger partial charge in [-0.2, -0.15) is 18.3 Å². The summed E-state index contributed by atoms with van der Waals surface area (Å²) in [6.07, 6.45) is -3.07. The van der Waals surface area contributed by atoms with Crippen LogP contribution in [0, 0.1) is 18.8 Å². The number of likely N-dealkylation sites (tertiary alicyclic amines) is 1. The summed E-state index contributed by atoms with van der Waals surface area (Å²) in [5, 5.41) is 14.2. The van der Waals surface area contributed by atoms with E-state index in [1.165, 1.54) is 4.90 Å². The number of nitrogens with zero attached hydrogens (tertiary/aromatic N) is 4. The van der Waals surface area contributed by atoms with Gasteiger partial charge in [0, 0.05) is 36.7 Å². The maximum absolute atomic E-state index is 13.0. The number of piperidine rings is 1. The minimum absolute atomic E-state index is 0.00208. The number of aromatic nitrogens is 3. The SMILES string of the molecule is Cc1cc([C@H]2CN(C(=O)O)CC[C@H]2C)n2nc([C@H]3CC[C@H](C(F)(F)F)CC3)cc2n1. The Bertz CT molecular complexity index is 934. The molecule has 0 spiro atoms. The maximum Gasteiger partial charge on any atom is 0.407 e. The van der Waals surface area contributed by atoms with Crippen molar-refractivity contribution >= 4 is 11.7 Å². The van der Waals surface area contributed by atoms with E-state index in [1.54, 1.807) is 4.52 Å². The van der Waals surface area contributed by atoms with Gasteiger partial charge in [-0.3, -0.25) is 0 Å². The molecule has 0 bridgehead atoms. The van der Waals surface area contributed by atoms with Gasteiger partial charge in [-0.15, -0.1) is 0 Å². The van der Waals surface area contributed by atoms with Crippen molar-refractivity contribution < 1.29 is 23.1 Å². The predicted molar refractivity (Wildman–Crippen MR) is 105 cm³/mol. The molecule has 0 aromatic carbocycles. The smallest absolute Gasteiger partial charge is 0.407 e. The Kier molecular flexibility index (Phi) is 5.40. The lowest BCUT2D eigenvalue weighted by Gasteiger charge is -2.35. The molecule has 4 rings (SSSR count). The predicted octanol–water partition coefficient (Wildman–Crippen LogP) is 4.98. The van der Waals surface area contributed by atoms with E-state index in [1.807, 2.05) is 19.1 Å². The van der Waals surface area contributed by atoms with Crippen LogP contribution in [0.2, 0.25) is 0 Å².